The summed E-state index contributed by atoms with van der Waals surface area (Å²) in [6.07, 6.45) is 2.37. The average Bonchev–Trinajstić information content (AvgIpc) is 2.47. The number of aromatic nitrogens is 1. The molecule has 21 heavy (non-hydrogen) atoms. The van der Waals surface area contributed by atoms with Gasteiger partial charge in [-0.05, 0) is 30.7 Å². The molecule has 0 unspecified atom stereocenters. The Hall–Kier alpha value is -2.63. The molecule has 1 aromatic carbocycles. The minimum Gasteiger partial charge on any atom is -0.480 e. The number of carbonyl (C=O) groups excluding carboxylic acids is 1. The quantitative estimate of drug-likeness (QED) is 0.885. The number of hydrogen-bond acceptors (Lipinski definition) is 3. The maximum atomic E-state index is 12.2. The summed E-state index contributed by atoms with van der Waals surface area (Å²) < 4.78 is 0. The minimum atomic E-state index is -1.03. The van der Waals surface area contributed by atoms with Crippen LogP contribution in [0.15, 0.2) is 36.5 Å². The molecule has 0 atom stereocenters. The Morgan fingerprint density at radius 2 is 2.10 bits per heavy atom. The van der Waals surface area contributed by atoms with Gasteiger partial charge in [0, 0.05) is 18.1 Å². The van der Waals surface area contributed by atoms with Crippen LogP contribution in [0.1, 0.15) is 13.3 Å². The second-order valence-corrected chi connectivity index (χ2v) is 4.62. The molecule has 2 amide bonds. The van der Waals surface area contributed by atoms with Crippen LogP contribution in [0.3, 0.4) is 0 Å². The van der Waals surface area contributed by atoms with Crippen molar-refractivity contribution in [3.05, 3.63) is 36.5 Å². The maximum absolute atomic E-state index is 12.2. The molecule has 0 radical (unpaired) electrons. The lowest BCUT2D eigenvalue weighted by molar-refractivity contribution is -0.137. The lowest BCUT2D eigenvalue weighted by Gasteiger charge is -2.21. The van der Waals surface area contributed by atoms with Gasteiger partial charge in [-0.1, -0.05) is 13.0 Å². The number of hydrogen-bond donors (Lipinski definition) is 2. The summed E-state index contributed by atoms with van der Waals surface area (Å²) in [6, 6.07) is 8.65. The van der Waals surface area contributed by atoms with E-state index in [1.165, 1.54) is 4.90 Å². The fourth-order valence-corrected chi connectivity index (χ4v) is 2.09. The Bertz CT molecular complexity index is 652. The zero-order valence-corrected chi connectivity index (χ0v) is 11.7. The number of carboxylic acid groups (broad SMARTS) is 1. The van der Waals surface area contributed by atoms with Gasteiger partial charge in [-0.2, -0.15) is 0 Å². The number of fused-ring (bicyclic) bond motifs is 1. The molecule has 0 saturated heterocycles. The summed E-state index contributed by atoms with van der Waals surface area (Å²) in [5.41, 5.74) is 1.40. The van der Waals surface area contributed by atoms with E-state index in [4.69, 9.17) is 5.11 Å². The SMILES string of the molecule is CCCN(CC(=O)O)C(=O)Nc1cccc2ncccc12. The Balaban J connectivity index is 2.21. The molecule has 0 bridgehead atoms. The second kappa shape index (κ2) is 6.69. The summed E-state index contributed by atoms with van der Waals surface area (Å²) in [7, 11) is 0. The molecule has 0 aliphatic heterocycles. The van der Waals surface area contributed by atoms with Crippen LogP contribution in [0.5, 0.6) is 0 Å². The van der Waals surface area contributed by atoms with Gasteiger partial charge in [0.1, 0.15) is 6.54 Å². The summed E-state index contributed by atoms with van der Waals surface area (Å²) in [6.45, 7) is 1.97. The number of carboxylic acids is 1. The van der Waals surface area contributed by atoms with Crippen LogP contribution in [0.25, 0.3) is 10.9 Å². The molecule has 0 aliphatic carbocycles. The molecule has 0 aliphatic rings. The largest absolute Gasteiger partial charge is 0.480 e. The van der Waals surface area contributed by atoms with Gasteiger partial charge >= 0.3 is 12.0 Å². The molecular weight excluding hydrogens is 270 g/mol. The lowest BCUT2D eigenvalue weighted by Crippen LogP contribution is -2.39. The van der Waals surface area contributed by atoms with E-state index in [0.717, 1.165) is 10.9 Å². The van der Waals surface area contributed by atoms with E-state index in [1.807, 2.05) is 19.1 Å². The highest BCUT2D eigenvalue weighted by Crippen LogP contribution is 2.21. The normalized spacial score (nSPS) is 10.3. The third-order valence-corrected chi connectivity index (χ3v) is 2.99. The van der Waals surface area contributed by atoms with Crippen molar-refractivity contribution >= 4 is 28.6 Å². The van der Waals surface area contributed by atoms with E-state index in [2.05, 4.69) is 10.3 Å². The first kappa shape index (κ1) is 14.8. The van der Waals surface area contributed by atoms with Crippen LogP contribution >= 0.6 is 0 Å². The summed E-state index contributed by atoms with van der Waals surface area (Å²) in [5.74, 6) is -1.03. The Labute approximate surface area is 122 Å². The Morgan fingerprint density at radius 1 is 1.29 bits per heavy atom. The van der Waals surface area contributed by atoms with E-state index in [-0.39, 0.29) is 6.54 Å². The first-order valence-electron chi connectivity index (χ1n) is 6.73. The van der Waals surface area contributed by atoms with Gasteiger partial charge < -0.3 is 15.3 Å². The molecule has 110 valence electrons. The zero-order valence-electron chi connectivity index (χ0n) is 11.7. The van der Waals surface area contributed by atoms with Crippen LogP contribution in [-0.2, 0) is 4.79 Å². The van der Waals surface area contributed by atoms with Gasteiger partial charge in [-0.15, -0.1) is 0 Å². The number of amides is 2. The smallest absolute Gasteiger partial charge is 0.323 e. The van der Waals surface area contributed by atoms with Crippen molar-refractivity contribution in [1.82, 2.24) is 9.88 Å². The second-order valence-electron chi connectivity index (χ2n) is 4.62. The summed E-state index contributed by atoms with van der Waals surface area (Å²) in [5, 5.41) is 12.4. The minimum absolute atomic E-state index is 0.317. The predicted octanol–water partition coefficient (Wildman–Crippen LogP) is 2.56. The van der Waals surface area contributed by atoms with Crippen molar-refractivity contribution in [3.8, 4) is 0 Å². The monoisotopic (exact) mass is 287 g/mol. The summed E-state index contributed by atoms with van der Waals surface area (Å²) >= 11 is 0. The lowest BCUT2D eigenvalue weighted by atomic mass is 10.2. The van der Waals surface area contributed by atoms with Crippen LogP contribution in [0, 0.1) is 0 Å². The predicted molar refractivity (Wildman–Crippen MR) is 80.3 cm³/mol. The van der Waals surface area contributed by atoms with Gasteiger partial charge in [0.05, 0.1) is 11.2 Å². The zero-order chi connectivity index (χ0) is 15.2. The molecule has 2 rings (SSSR count). The Morgan fingerprint density at radius 3 is 2.81 bits per heavy atom. The van der Waals surface area contributed by atoms with Gasteiger partial charge in [-0.25, -0.2) is 4.79 Å². The molecule has 2 N–H and O–H groups in total. The molecule has 0 spiro atoms. The number of pyridine rings is 1. The number of anilines is 1. The number of nitrogens with one attached hydrogen (secondary N) is 1. The first-order valence-corrected chi connectivity index (χ1v) is 6.73. The van der Waals surface area contributed by atoms with Gasteiger partial charge in [-0.3, -0.25) is 9.78 Å². The fourth-order valence-electron chi connectivity index (χ4n) is 2.09. The highest BCUT2D eigenvalue weighted by molar-refractivity contribution is 6.00. The van der Waals surface area contributed by atoms with E-state index in [1.54, 1.807) is 24.4 Å². The number of benzene rings is 1. The molecule has 1 heterocycles. The van der Waals surface area contributed by atoms with Crippen molar-refractivity contribution in [2.24, 2.45) is 0 Å². The van der Waals surface area contributed by atoms with E-state index < -0.39 is 12.0 Å². The molecule has 6 heteroatoms. The van der Waals surface area contributed by atoms with Gasteiger partial charge in [0.2, 0.25) is 0 Å². The third-order valence-electron chi connectivity index (χ3n) is 2.99. The third kappa shape index (κ3) is 3.68. The van der Waals surface area contributed by atoms with E-state index in [9.17, 15) is 9.59 Å². The van der Waals surface area contributed by atoms with Crippen LogP contribution < -0.4 is 5.32 Å². The average molecular weight is 287 g/mol. The number of urea groups is 1. The number of carbonyl (C=O) groups is 2. The molecular formula is C15H17N3O3. The fraction of sp³-hybridized carbons (Fsp3) is 0.267. The Kier molecular flexibility index (Phi) is 4.71. The van der Waals surface area contributed by atoms with E-state index in [0.29, 0.717) is 18.7 Å². The molecule has 0 saturated carbocycles. The number of aliphatic carboxylic acids is 1. The highest BCUT2D eigenvalue weighted by Gasteiger charge is 2.16. The van der Waals surface area contributed by atoms with Crippen molar-refractivity contribution in [3.63, 3.8) is 0 Å². The van der Waals surface area contributed by atoms with Crippen molar-refractivity contribution in [2.75, 3.05) is 18.4 Å². The number of nitrogens with zero attached hydrogens (tertiary/aromatic N) is 2. The van der Waals surface area contributed by atoms with Crippen LogP contribution in [0.2, 0.25) is 0 Å². The highest BCUT2D eigenvalue weighted by atomic mass is 16.4. The maximum Gasteiger partial charge on any atom is 0.323 e. The summed E-state index contributed by atoms with van der Waals surface area (Å²) in [4.78, 5) is 28.5. The molecule has 1 aromatic heterocycles. The first-order chi connectivity index (χ1) is 10.1. The topological polar surface area (TPSA) is 82.5 Å². The van der Waals surface area contributed by atoms with Gasteiger partial charge in [0.25, 0.3) is 0 Å². The van der Waals surface area contributed by atoms with E-state index >= 15 is 0 Å². The molecule has 0 fully saturated rings. The standard InChI is InChI=1S/C15H17N3O3/c1-2-9-18(10-14(19)20)15(21)17-13-7-3-6-12-11(13)5-4-8-16-12/h3-8H,2,9-10H2,1H3,(H,17,21)(H,19,20). The van der Waals surface area contributed by atoms with Crippen molar-refractivity contribution in [2.45, 2.75) is 13.3 Å². The molecule has 6 nitrogen and oxygen atoms in total. The van der Waals surface area contributed by atoms with Crippen LogP contribution in [0.4, 0.5) is 10.5 Å². The van der Waals surface area contributed by atoms with Gasteiger partial charge in [0.15, 0.2) is 0 Å². The van der Waals surface area contributed by atoms with Crippen molar-refractivity contribution < 1.29 is 14.7 Å². The van der Waals surface area contributed by atoms with Crippen LogP contribution in [-0.4, -0.2) is 40.1 Å². The number of rotatable bonds is 5. The van der Waals surface area contributed by atoms with Crippen molar-refractivity contribution in [1.29, 1.82) is 0 Å². The molecule has 2 aromatic rings.